The van der Waals surface area contributed by atoms with Gasteiger partial charge in [-0.1, -0.05) is 0 Å². The smallest absolute Gasteiger partial charge is 0.336 e. The number of carbonyl (C=O) groups is 3. The maximum Gasteiger partial charge on any atom is 0.336 e. The summed E-state index contributed by atoms with van der Waals surface area (Å²) in [5.41, 5.74) is -0.539. The molecular formula is C10H9NO5. The predicted molar refractivity (Wildman–Crippen MR) is 53.8 cm³/mol. The summed E-state index contributed by atoms with van der Waals surface area (Å²) in [6.45, 7) is 0. The van der Waals surface area contributed by atoms with Crippen molar-refractivity contribution in [2.45, 2.75) is 0 Å². The van der Waals surface area contributed by atoms with Gasteiger partial charge in [0.1, 0.15) is 0 Å². The standard InChI is InChI=1S/C10H9NO5/c1-11-8(12)7-4-5(9(13)14)2-3-6(7)10(15)16/h2-4H,1H3,(H,11,12)(H,13,14)(H,15,16). The monoisotopic (exact) mass is 223 g/mol. The second-order valence-corrected chi connectivity index (χ2v) is 2.95. The third-order valence-electron chi connectivity index (χ3n) is 1.97. The molecule has 0 heterocycles. The van der Waals surface area contributed by atoms with E-state index in [0.717, 1.165) is 18.2 Å². The molecule has 1 amide bonds. The van der Waals surface area contributed by atoms with Gasteiger partial charge in [-0.15, -0.1) is 0 Å². The summed E-state index contributed by atoms with van der Waals surface area (Å²) >= 11 is 0. The van der Waals surface area contributed by atoms with Crippen LogP contribution in [-0.2, 0) is 0 Å². The van der Waals surface area contributed by atoms with Gasteiger partial charge in [-0.3, -0.25) is 4.79 Å². The highest BCUT2D eigenvalue weighted by molar-refractivity contribution is 6.06. The third kappa shape index (κ3) is 2.17. The average Bonchev–Trinajstić information content (AvgIpc) is 2.26. The molecule has 0 unspecified atom stereocenters. The Morgan fingerprint density at radius 3 is 2.12 bits per heavy atom. The molecule has 0 atom stereocenters. The van der Waals surface area contributed by atoms with E-state index in [4.69, 9.17) is 10.2 Å². The van der Waals surface area contributed by atoms with Gasteiger partial charge in [0.2, 0.25) is 0 Å². The molecular weight excluding hydrogens is 214 g/mol. The van der Waals surface area contributed by atoms with Gasteiger partial charge >= 0.3 is 11.9 Å². The largest absolute Gasteiger partial charge is 0.478 e. The summed E-state index contributed by atoms with van der Waals surface area (Å²) in [4.78, 5) is 32.8. The quantitative estimate of drug-likeness (QED) is 0.689. The van der Waals surface area contributed by atoms with Crippen molar-refractivity contribution in [2.24, 2.45) is 0 Å². The fraction of sp³-hybridized carbons (Fsp3) is 0.100. The maximum atomic E-state index is 11.3. The van der Waals surface area contributed by atoms with Gasteiger partial charge in [0.25, 0.3) is 5.91 Å². The lowest BCUT2D eigenvalue weighted by Crippen LogP contribution is -2.21. The number of carboxylic acids is 2. The zero-order valence-electron chi connectivity index (χ0n) is 8.35. The zero-order chi connectivity index (χ0) is 12.3. The lowest BCUT2D eigenvalue weighted by Gasteiger charge is -2.05. The van der Waals surface area contributed by atoms with Crippen LogP contribution in [-0.4, -0.2) is 35.1 Å². The Morgan fingerprint density at radius 2 is 1.69 bits per heavy atom. The normalized spacial score (nSPS) is 9.56. The summed E-state index contributed by atoms with van der Waals surface area (Å²) in [6, 6.07) is 3.26. The topological polar surface area (TPSA) is 104 Å². The van der Waals surface area contributed by atoms with E-state index in [1.54, 1.807) is 0 Å². The van der Waals surface area contributed by atoms with Crippen molar-refractivity contribution in [3.05, 3.63) is 34.9 Å². The van der Waals surface area contributed by atoms with Gasteiger partial charge < -0.3 is 15.5 Å². The minimum absolute atomic E-state index is 0.136. The number of hydrogen-bond donors (Lipinski definition) is 3. The number of rotatable bonds is 3. The summed E-state index contributed by atoms with van der Waals surface area (Å²) in [6.07, 6.45) is 0. The Bertz CT molecular complexity index is 466. The highest BCUT2D eigenvalue weighted by Crippen LogP contribution is 2.12. The van der Waals surface area contributed by atoms with Crippen molar-refractivity contribution < 1.29 is 24.6 Å². The van der Waals surface area contributed by atoms with E-state index in [0.29, 0.717) is 0 Å². The van der Waals surface area contributed by atoms with Gasteiger partial charge in [0.15, 0.2) is 0 Å². The molecule has 1 aromatic carbocycles. The van der Waals surface area contributed by atoms with Crippen LogP contribution in [0.15, 0.2) is 18.2 Å². The first-order chi connectivity index (χ1) is 7.47. The minimum atomic E-state index is -1.28. The minimum Gasteiger partial charge on any atom is -0.478 e. The van der Waals surface area contributed by atoms with Gasteiger partial charge in [-0.2, -0.15) is 0 Å². The Hall–Kier alpha value is -2.37. The van der Waals surface area contributed by atoms with Crippen molar-refractivity contribution in [1.82, 2.24) is 5.32 Å². The number of carbonyl (C=O) groups excluding carboxylic acids is 1. The summed E-state index contributed by atoms with van der Waals surface area (Å²) in [7, 11) is 1.33. The molecule has 0 radical (unpaired) electrons. The molecule has 0 spiro atoms. The number of carboxylic acid groups (broad SMARTS) is 2. The molecule has 0 fully saturated rings. The molecule has 3 N–H and O–H groups in total. The van der Waals surface area contributed by atoms with Gasteiger partial charge in [0.05, 0.1) is 16.7 Å². The Labute approximate surface area is 90.5 Å². The van der Waals surface area contributed by atoms with Crippen LogP contribution in [0.2, 0.25) is 0 Å². The fourth-order valence-electron chi connectivity index (χ4n) is 1.19. The molecule has 84 valence electrons. The summed E-state index contributed by atoms with van der Waals surface area (Å²) in [5.74, 6) is -3.14. The Balaban J connectivity index is 3.38. The van der Waals surface area contributed by atoms with E-state index in [1.165, 1.54) is 7.05 Å². The molecule has 0 aliphatic carbocycles. The van der Waals surface area contributed by atoms with Gasteiger partial charge in [-0.05, 0) is 18.2 Å². The van der Waals surface area contributed by atoms with E-state index < -0.39 is 17.8 Å². The first kappa shape index (κ1) is 11.7. The number of amides is 1. The maximum absolute atomic E-state index is 11.3. The van der Waals surface area contributed by atoms with E-state index in [9.17, 15) is 14.4 Å². The lowest BCUT2D eigenvalue weighted by atomic mass is 10.0. The third-order valence-corrected chi connectivity index (χ3v) is 1.97. The number of hydrogen-bond acceptors (Lipinski definition) is 3. The second-order valence-electron chi connectivity index (χ2n) is 2.95. The molecule has 6 nitrogen and oxygen atoms in total. The highest BCUT2D eigenvalue weighted by atomic mass is 16.4. The molecule has 16 heavy (non-hydrogen) atoms. The average molecular weight is 223 g/mol. The van der Waals surface area contributed by atoms with Crippen molar-refractivity contribution in [3.8, 4) is 0 Å². The van der Waals surface area contributed by atoms with Crippen LogP contribution in [0, 0.1) is 0 Å². The SMILES string of the molecule is CNC(=O)c1cc(C(=O)O)ccc1C(=O)O. The molecule has 1 rings (SSSR count). The van der Waals surface area contributed by atoms with Crippen molar-refractivity contribution in [2.75, 3.05) is 7.05 Å². The molecule has 0 aromatic heterocycles. The Kier molecular flexibility index (Phi) is 3.24. The molecule has 0 saturated heterocycles. The molecule has 0 saturated carbocycles. The molecule has 0 aliphatic heterocycles. The number of benzene rings is 1. The van der Waals surface area contributed by atoms with Gasteiger partial charge in [-0.25, -0.2) is 9.59 Å². The van der Waals surface area contributed by atoms with E-state index >= 15 is 0 Å². The molecule has 6 heteroatoms. The van der Waals surface area contributed by atoms with E-state index in [-0.39, 0.29) is 16.7 Å². The fourth-order valence-corrected chi connectivity index (χ4v) is 1.19. The molecule has 1 aromatic rings. The summed E-state index contributed by atoms with van der Waals surface area (Å²) < 4.78 is 0. The highest BCUT2D eigenvalue weighted by Gasteiger charge is 2.17. The summed E-state index contributed by atoms with van der Waals surface area (Å²) in [5, 5.41) is 19.8. The van der Waals surface area contributed by atoms with Crippen molar-refractivity contribution in [1.29, 1.82) is 0 Å². The number of nitrogens with one attached hydrogen (secondary N) is 1. The van der Waals surface area contributed by atoms with Crippen LogP contribution < -0.4 is 5.32 Å². The van der Waals surface area contributed by atoms with Crippen LogP contribution in [0.3, 0.4) is 0 Å². The first-order valence-electron chi connectivity index (χ1n) is 4.30. The van der Waals surface area contributed by atoms with Gasteiger partial charge in [0, 0.05) is 7.05 Å². The molecule has 0 bridgehead atoms. The van der Waals surface area contributed by atoms with Crippen LogP contribution in [0.1, 0.15) is 31.1 Å². The first-order valence-corrected chi connectivity index (χ1v) is 4.30. The van der Waals surface area contributed by atoms with E-state index in [1.807, 2.05) is 0 Å². The van der Waals surface area contributed by atoms with Crippen molar-refractivity contribution in [3.63, 3.8) is 0 Å². The van der Waals surface area contributed by atoms with Crippen molar-refractivity contribution >= 4 is 17.8 Å². The van der Waals surface area contributed by atoms with Crippen LogP contribution in [0.5, 0.6) is 0 Å². The predicted octanol–water partition coefficient (Wildman–Crippen LogP) is 0.443. The van der Waals surface area contributed by atoms with Crippen LogP contribution in [0.4, 0.5) is 0 Å². The number of aromatic carboxylic acids is 2. The second kappa shape index (κ2) is 4.43. The lowest BCUT2D eigenvalue weighted by molar-refractivity contribution is 0.0678. The Morgan fingerprint density at radius 1 is 1.06 bits per heavy atom. The zero-order valence-corrected chi connectivity index (χ0v) is 8.35. The van der Waals surface area contributed by atoms with Crippen LogP contribution >= 0.6 is 0 Å². The van der Waals surface area contributed by atoms with E-state index in [2.05, 4.69) is 5.32 Å². The molecule has 0 aliphatic rings. The van der Waals surface area contributed by atoms with Crippen LogP contribution in [0.25, 0.3) is 0 Å².